The van der Waals surface area contributed by atoms with Crippen LogP contribution in [0.5, 0.6) is 17.2 Å². The molecule has 5 rings (SSSR count). The Kier molecular flexibility index (Phi) is 8.87. The van der Waals surface area contributed by atoms with Gasteiger partial charge in [-0.25, -0.2) is 4.98 Å². The summed E-state index contributed by atoms with van der Waals surface area (Å²) in [5.74, 6) is 4.03. The van der Waals surface area contributed by atoms with Crippen molar-refractivity contribution in [1.29, 1.82) is 0 Å². The minimum atomic E-state index is 0.306. The minimum Gasteiger partial charge on any atom is -0.496 e. The molecule has 1 unspecified atom stereocenters. The second kappa shape index (κ2) is 12.9. The molecular weight excluding hydrogens is 484 g/mol. The second-order valence-electron chi connectivity index (χ2n) is 10.4. The summed E-state index contributed by atoms with van der Waals surface area (Å²) >= 11 is 0. The van der Waals surface area contributed by atoms with Crippen LogP contribution in [0.2, 0.25) is 0 Å². The first-order chi connectivity index (χ1) is 19.2. The molecule has 1 aliphatic heterocycles. The predicted octanol–water partition coefficient (Wildman–Crippen LogP) is 8.35. The molecule has 0 fully saturated rings. The molecule has 4 aromatic rings. The van der Waals surface area contributed by atoms with Gasteiger partial charge in [0, 0.05) is 17.8 Å². The van der Waals surface area contributed by atoms with Gasteiger partial charge in [0.15, 0.2) is 11.5 Å². The van der Waals surface area contributed by atoms with E-state index in [2.05, 4.69) is 79.1 Å². The monoisotopic (exact) mass is 524 g/mol. The molecule has 0 aliphatic carbocycles. The number of imidazole rings is 1. The maximum Gasteiger partial charge on any atom is 0.231 e. The van der Waals surface area contributed by atoms with Gasteiger partial charge < -0.3 is 18.8 Å². The van der Waals surface area contributed by atoms with E-state index in [4.69, 9.17) is 19.2 Å². The van der Waals surface area contributed by atoms with Crippen LogP contribution in [0.25, 0.3) is 22.6 Å². The molecule has 1 aromatic heterocycles. The highest BCUT2D eigenvalue weighted by Gasteiger charge is 2.24. The summed E-state index contributed by atoms with van der Waals surface area (Å²) in [7, 11) is 1.74. The van der Waals surface area contributed by atoms with Crippen LogP contribution >= 0.6 is 0 Å². The number of unbranched alkanes of at least 4 members (excludes halogenated alkanes) is 2. The zero-order valence-electron chi connectivity index (χ0n) is 23.5. The summed E-state index contributed by atoms with van der Waals surface area (Å²) in [6.07, 6.45) is 7.74. The summed E-state index contributed by atoms with van der Waals surface area (Å²) < 4.78 is 19.5. The van der Waals surface area contributed by atoms with E-state index in [-0.39, 0.29) is 0 Å². The van der Waals surface area contributed by atoms with Gasteiger partial charge in [-0.3, -0.25) is 0 Å². The van der Waals surface area contributed by atoms with E-state index >= 15 is 0 Å². The van der Waals surface area contributed by atoms with Gasteiger partial charge >= 0.3 is 0 Å². The van der Waals surface area contributed by atoms with Gasteiger partial charge in [0.25, 0.3) is 0 Å². The predicted molar refractivity (Wildman–Crippen MR) is 158 cm³/mol. The van der Waals surface area contributed by atoms with E-state index in [9.17, 15) is 0 Å². The lowest BCUT2D eigenvalue weighted by atomic mass is 9.89. The van der Waals surface area contributed by atoms with E-state index in [0.717, 1.165) is 72.1 Å². The Morgan fingerprint density at radius 2 is 1.64 bits per heavy atom. The molecule has 0 bridgehead atoms. The number of methoxy groups -OCH3 is 1. The third-order valence-electron chi connectivity index (χ3n) is 7.61. The van der Waals surface area contributed by atoms with Crippen LogP contribution in [0, 0.1) is 5.92 Å². The highest BCUT2D eigenvalue weighted by atomic mass is 16.7. The number of fused-ring (bicyclic) bond motifs is 1. The Labute approximate surface area is 232 Å². The Bertz CT molecular complexity index is 1360. The van der Waals surface area contributed by atoms with Crippen molar-refractivity contribution in [3.05, 3.63) is 84.1 Å². The molecule has 39 heavy (non-hydrogen) atoms. The van der Waals surface area contributed by atoms with Crippen molar-refractivity contribution in [3.8, 4) is 39.9 Å². The van der Waals surface area contributed by atoms with Crippen molar-refractivity contribution >= 4 is 0 Å². The molecule has 204 valence electrons. The smallest absolute Gasteiger partial charge is 0.231 e. The number of hydrogen-bond donors (Lipinski definition) is 0. The zero-order chi connectivity index (χ0) is 27.0. The fraction of sp³-hybridized carbons (Fsp3) is 0.382. The lowest BCUT2D eigenvalue weighted by molar-refractivity contribution is 0.174. The van der Waals surface area contributed by atoms with Gasteiger partial charge in [0.2, 0.25) is 6.79 Å². The van der Waals surface area contributed by atoms with Crippen LogP contribution in [0.1, 0.15) is 57.2 Å². The van der Waals surface area contributed by atoms with Crippen LogP contribution in [-0.2, 0) is 19.4 Å². The Morgan fingerprint density at radius 3 is 2.44 bits per heavy atom. The first-order valence-electron chi connectivity index (χ1n) is 14.4. The van der Waals surface area contributed by atoms with E-state index in [1.165, 1.54) is 30.5 Å². The van der Waals surface area contributed by atoms with Crippen LogP contribution in [0.15, 0.2) is 72.8 Å². The van der Waals surface area contributed by atoms with Crippen LogP contribution < -0.4 is 14.2 Å². The maximum atomic E-state index is 5.79. The largest absolute Gasteiger partial charge is 0.496 e. The van der Waals surface area contributed by atoms with Gasteiger partial charge in [-0.15, -0.1) is 0 Å². The van der Waals surface area contributed by atoms with Crippen molar-refractivity contribution < 1.29 is 14.2 Å². The summed E-state index contributed by atoms with van der Waals surface area (Å²) in [6.45, 7) is 5.77. The third kappa shape index (κ3) is 6.13. The Hall–Kier alpha value is -3.73. The summed E-state index contributed by atoms with van der Waals surface area (Å²) in [4.78, 5) is 5.35. The average Bonchev–Trinajstić information content (AvgIpc) is 3.59. The summed E-state index contributed by atoms with van der Waals surface area (Å²) in [5, 5.41) is 0. The Morgan fingerprint density at radius 1 is 0.872 bits per heavy atom. The number of benzene rings is 3. The van der Waals surface area contributed by atoms with Crippen LogP contribution in [0.4, 0.5) is 0 Å². The van der Waals surface area contributed by atoms with Crippen LogP contribution in [-0.4, -0.2) is 23.5 Å². The SMILES string of the molecule is CCCCC(Cc1ccc2c(c1)OCO2)Cc1c(-c2ccccc2)nc(-c2ccccc2OC)n1CCCC. The number of para-hydroxylation sites is 1. The van der Waals surface area contributed by atoms with Crippen molar-refractivity contribution in [2.75, 3.05) is 13.9 Å². The third-order valence-corrected chi connectivity index (χ3v) is 7.61. The molecule has 1 aliphatic rings. The zero-order valence-corrected chi connectivity index (χ0v) is 23.5. The number of rotatable bonds is 13. The van der Waals surface area contributed by atoms with Gasteiger partial charge in [-0.2, -0.15) is 0 Å². The van der Waals surface area contributed by atoms with E-state index in [1.54, 1.807) is 7.11 Å². The number of hydrogen-bond acceptors (Lipinski definition) is 4. The fourth-order valence-electron chi connectivity index (χ4n) is 5.56. The lowest BCUT2D eigenvalue weighted by Crippen LogP contribution is -2.14. The number of nitrogens with zero attached hydrogens (tertiary/aromatic N) is 2. The molecular formula is C34H40N2O3. The van der Waals surface area contributed by atoms with E-state index in [0.29, 0.717) is 12.7 Å². The highest BCUT2D eigenvalue weighted by Crippen LogP contribution is 2.37. The molecule has 2 heterocycles. The van der Waals surface area contributed by atoms with E-state index in [1.807, 2.05) is 12.1 Å². The molecule has 0 saturated heterocycles. The molecule has 0 amide bonds. The van der Waals surface area contributed by atoms with Crippen molar-refractivity contribution in [1.82, 2.24) is 9.55 Å². The molecule has 5 heteroatoms. The molecule has 5 nitrogen and oxygen atoms in total. The first-order valence-corrected chi connectivity index (χ1v) is 14.4. The second-order valence-corrected chi connectivity index (χ2v) is 10.4. The summed E-state index contributed by atoms with van der Waals surface area (Å²) in [6, 6.07) is 25.3. The minimum absolute atomic E-state index is 0.306. The summed E-state index contributed by atoms with van der Waals surface area (Å²) in [5.41, 5.74) is 5.90. The normalized spacial score (nSPS) is 13.0. The first kappa shape index (κ1) is 26.9. The standard InChI is InChI=1S/C34H40N2O3/c1-4-6-13-25(21-26-18-19-31-32(23-26)39-24-38-31)22-29-33(27-14-9-8-10-15-27)35-34(36(29)20-7-5-2)28-16-11-12-17-30(28)37-3/h8-12,14-19,23,25H,4-7,13,20-22,24H2,1-3H3. The maximum absolute atomic E-state index is 5.79. The molecule has 3 aromatic carbocycles. The molecule has 0 N–H and O–H groups in total. The fourth-order valence-corrected chi connectivity index (χ4v) is 5.56. The van der Waals surface area contributed by atoms with Gasteiger partial charge in [-0.1, -0.05) is 81.6 Å². The molecule has 0 spiro atoms. The topological polar surface area (TPSA) is 45.5 Å². The van der Waals surface area contributed by atoms with Gasteiger partial charge in [0.05, 0.1) is 18.4 Å². The van der Waals surface area contributed by atoms with Crippen molar-refractivity contribution in [3.63, 3.8) is 0 Å². The van der Waals surface area contributed by atoms with Gasteiger partial charge in [0.1, 0.15) is 11.6 Å². The quantitative estimate of drug-likeness (QED) is 0.176. The van der Waals surface area contributed by atoms with Crippen LogP contribution in [0.3, 0.4) is 0 Å². The van der Waals surface area contributed by atoms with E-state index < -0.39 is 0 Å². The van der Waals surface area contributed by atoms with Crippen molar-refractivity contribution in [2.24, 2.45) is 5.92 Å². The van der Waals surface area contributed by atoms with Gasteiger partial charge in [-0.05, 0) is 61.4 Å². The molecule has 0 radical (unpaired) electrons. The molecule has 0 saturated carbocycles. The number of ether oxygens (including phenoxy) is 3. The average molecular weight is 525 g/mol. The Balaban J connectivity index is 1.59. The number of aromatic nitrogens is 2. The van der Waals surface area contributed by atoms with Crippen molar-refractivity contribution in [2.45, 2.75) is 65.3 Å². The lowest BCUT2D eigenvalue weighted by Gasteiger charge is -2.20. The highest BCUT2D eigenvalue weighted by molar-refractivity contribution is 5.71. The molecule has 1 atom stereocenters.